The quantitative estimate of drug-likeness (QED) is 0.500. The van der Waals surface area contributed by atoms with Crippen molar-refractivity contribution in [2.75, 3.05) is 13.1 Å². The average Bonchev–Trinajstić information content (AvgIpc) is 3.09. The van der Waals surface area contributed by atoms with E-state index in [9.17, 15) is 9.59 Å². The van der Waals surface area contributed by atoms with Crippen LogP contribution in [0.5, 0.6) is 0 Å². The van der Waals surface area contributed by atoms with E-state index >= 15 is 0 Å². The molecule has 1 aliphatic heterocycles. The monoisotopic (exact) mass is 499 g/mol. The second kappa shape index (κ2) is 10.8. The van der Waals surface area contributed by atoms with Crippen molar-refractivity contribution in [1.82, 2.24) is 20.2 Å². The number of piperidine rings is 1. The summed E-state index contributed by atoms with van der Waals surface area (Å²) >= 11 is 0. The Morgan fingerprint density at radius 2 is 1.92 bits per heavy atom. The van der Waals surface area contributed by atoms with Gasteiger partial charge in [-0.3, -0.25) is 9.59 Å². The summed E-state index contributed by atoms with van der Waals surface area (Å²) in [7, 11) is 0. The summed E-state index contributed by atoms with van der Waals surface area (Å²) in [6, 6.07) is 9.57. The minimum atomic E-state index is -0.999. The van der Waals surface area contributed by atoms with Crippen LogP contribution in [-0.4, -0.2) is 50.2 Å². The van der Waals surface area contributed by atoms with Crippen molar-refractivity contribution in [3.63, 3.8) is 0 Å². The van der Waals surface area contributed by atoms with Crippen molar-refractivity contribution in [3.05, 3.63) is 47.5 Å². The number of carbonyl (C=O) groups excluding carboxylic acids is 1. The van der Waals surface area contributed by atoms with Gasteiger partial charge in [0, 0.05) is 11.5 Å². The molecule has 1 aliphatic rings. The Morgan fingerprint density at radius 1 is 1.25 bits per heavy atom. The minimum absolute atomic E-state index is 0. The number of aliphatic carboxylic acids is 1. The first-order valence-electron chi connectivity index (χ1n) is 7.25. The molecule has 9 heteroatoms. The maximum Gasteiger partial charge on any atom is 2.00 e. The molecular weight excluding hydrogens is 482 g/mol. The minimum Gasteiger partial charge on any atom is -0.662 e. The van der Waals surface area contributed by atoms with Gasteiger partial charge in [-0.25, -0.2) is 6.33 Å². The van der Waals surface area contributed by atoms with Crippen LogP contribution >= 0.6 is 0 Å². The third-order valence-electron chi connectivity index (χ3n) is 3.33. The van der Waals surface area contributed by atoms with E-state index in [4.69, 9.17) is 5.11 Å². The van der Waals surface area contributed by atoms with Crippen LogP contribution in [0.25, 0.3) is 5.32 Å². The SMILES string of the molecule is O=C(O)Cn1n[c-]nn1.O=C(c1ccccc1)C1CC[N-]CC1.[W+2]. The molecule has 8 nitrogen and oxygen atoms in total. The summed E-state index contributed by atoms with van der Waals surface area (Å²) in [5, 5.41) is 22.2. The van der Waals surface area contributed by atoms with E-state index < -0.39 is 5.97 Å². The zero-order valence-electron chi connectivity index (χ0n) is 12.9. The molecule has 1 N–H and O–H groups in total. The molecule has 3 rings (SSSR count). The van der Waals surface area contributed by atoms with Crippen LogP contribution in [0, 0.1) is 12.2 Å². The number of hydrogen-bond acceptors (Lipinski definition) is 5. The molecule has 1 aromatic carbocycles. The predicted molar refractivity (Wildman–Crippen MR) is 80.9 cm³/mol. The number of carboxylic acid groups (broad SMARTS) is 1. The normalized spacial score (nSPS) is 14.0. The molecule has 0 aliphatic carbocycles. The van der Waals surface area contributed by atoms with Crippen molar-refractivity contribution >= 4 is 11.8 Å². The molecular formula is C15H17N5O3W. The standard InChI is InChI=1S/C12H14NO.C3H3N4O2.W/c14-12(10-4-2-1-3-5-10)11-6-8-13-9-7-11;8-3(9)1-7-5-2-4-6-7;/h1-5,11H,6-9H2;1H2,(H,8,9);/q2*-1;+2. The maximum absolute atomic E-state index is 12.0. The van der Waals surface area contributed by atoms with Crippen molar-refractivity contribution < 1.29 is 35.8 Å². The molecule has 126 valence electrons. The van der Waals surface area contributed by atoms with Crippen LogP contribution in [0.15, 0.2) is 30.3 Å². The number of carboxylic acids is 1. The Balaban J connectivity index is 0.000000252. The van der Waals surface area contributed by atoms with Gasteiger partial charge in [-0.15, -0.1) is 13.1 Å². The summed E-state index contributed by atoms with van der Waals surface area (Å²) in [5.41, 5.74) is 0.847. The van der Waals surface area contributed by atoms with Crippen LogP contribution in [0.1, 0.15) is 23.2 Å². The topological polar surface area (TPSA) is 112 Å². The number of hydrogen-bond donors (Lipinski definition) is 1. The molecule has 0 radical (unpaired) electrons. The summed E-state index contributed by atoms with van der Waals surface area (Å²) < 4.78 is 0. The fourth-order valence-corrected chi connectivity index (χ4v) is 2.20. The van der Waals surface area contributed by atoms with Crippen molar-refractivity contribution in [1.29, 1.82) is 0 Å². The van der Waals surface area contributed by atoms with E-state index in [1.54, 1.807) is 0 Å². The van der Waals surface area contributed by atoms with Crippen LogP contribution in [-0.2, 0) is 32.4 Å². The molecule has 0 spiro atoms. The van der Waals surface area contributed by atoms with Crippen LogP contribution < -0.4 is 0 Å². The first kappa shape index (κ1) is 20.1. The van der Waals surface area contributed by atoms with Crippen molar-refractivity contribution in [3.8, 4) is 0 Å². The molecule has 2 heterocycles. The van der Waals surface area contributed by atoms with E-state index in [1.165, 1.54) is 0 Å². The Bertz CT molecular complexity index is 615. The zero-order valence-corrected chi connectivity index (χ0v) is 15.8. The van der Waals surface area contributed by atoms with Gasteiger partial charge in [0.15, 0.2) is 12.3 Å². The van der Waals surface area contributed by atoms with Gasteiger partial charge in [-0.05, 0) is 0 Å². The fraction of sp³-hybridized carbons (Fsp3) is 0.400. The van der Waals surface area contributed by atoms with E-state index in [1.807, 2.05) is 30.3 Å². The molecule has 1 saturated heterocycles. The van der Waals surface area contributed by atoms with Crippen molar-refractivity contribution in [2.24, 2.45) is 5.92 Å². The predicted octanol–water partition coefficient (Wildman–Crippen LogP) is 1.21. The largest absolute Gasteiger partial charge is 2.00 e. The van der Waals surface area contributed by atoms with Crippen molar-refractivity contribution in [2.45, 2.75) is 19.4 Å². The third-order valence-corrected chi connectivity index (χ3v) is 3.33. The number of ketones is 1. The molecule has 0 amide bonds. The summed E-state index contributed by atoms with van der Waals surface area (Å²) in [6.45, 7) is 1.43. The fourth-order valence-electron chi connectivity index (χ4n) is 2.20. The molecule has 0 bridgehead atoms. The molecule has 24 heavy (non-hydrogen) atoms. The smallest absolute Gasteiger partial charge is 0.662 e. The summed E-state index contributed by atoms with van der Waals surface area (Å²) in [5.74, 6) is -0.503. The first-order chi connectivity index (χ1) is 11.2. The van der Waals surface area contributed by atoms with E-state index in [2.05, 4.69) is 27.1 Å². The number of benzene rings is 1. The first-order valence-corrected chi connectivity index (χ1v) is 7.25. The van der Waals surface area contributed by atoms with Crippen LogP contribution in [0.3, 0.4) is 0 Å². The Kier molecular flexibility index (Phi) is 9.04. The van der Waals surface area contributed by atoms with Gasteiger partial charge in [-0.1, -0.05) is 48.4 Å². The Hall–Kier alpha value is -1.92. The molecule has 0 unspecified atom stereocenters. The number of Topliss-reactive ketones (excluding diaryl/α,β-unsaturated/α-hetero) is 1. The zero-order chi connectivity index (χ0) is 16.5. The van der Waals surface area contributed by atoms with Crippen LogP contribution in [0.4, 0.5) is 0 Å². The maximum atomic E-state index is 12.0. The second-order valence-corrected chi connectivity index (χ2v) is 4.99. The van der Waals surface area contributed by atoms with E-state index in [0.717, 1.165) is 36.3 Å². The van der Waals surface area contributed by atoms with Gasteiger partial charge in [0.1, 0.15) is 0 Å². The number of nitrogens with zero attached hydrogens (tertiary/aromatic N) is 5. The summed E-state index contributed by atoms with van der Waals surface area (Å²) in [6.07, 6.45) is 3.97. The van der Waals surface area contributed by atoms with Gasteiger partial charge in [0.2, 0.25) is 0 Å². The molecule has 1 fully saturated rings. The van der Waals surface area contributed by atoms with Gasteiger partial charge >= 0.3 is 27.0 Å². The van der Waals surface area contributed by atoms with Gasteiger partial charge in [0.25, 0.3) is 0 Å². The number of rotatable bonds is 4. The third kappa shape index (κ3) is 6.68. The average molecular weight is 499 g/mol. The van der Waals surface area contributed by atoms with Gasteiger partial charge in [-0.2, -0.15) is 4.80 Å². The molecule has 1 aromatic heterocycles. The van der Waals surface area contributed by atoms with Crippen LogP contribution in [0.2, 0.25) is 0 Å². The van der Waals surface area contributed by atoms with Gasteiger partial charge < -0.3 is 20.6 Å². The van der Waals surface area contributed by atoms with E-state index in [0.29, 0.717) is 5.78 Å². The second-order valence-electron chi connectivity index (χ2n) is 4.99. The number of aromatic nitrogens is 4. The van der Waals surface area contributed by atoms with Gasteiger partial charge in [0.05, 0.1) is 0 Å². The molecule has 0 saturated carbocycles. The molecule has 0 atom stereocenters. The molecule has 2 aromatic rings. The Labute approximate surface area is 153 Å². The number of tetrazole rings is 1. The number of carbonyl (C=O) groups is 2. The Morgan fingerprint density at radius 3 is 2.46 bits per heavy atom. The van der Waals surface area contributed by atoms with E-state index in [-0.39, 0.29) is 33.5 Å². The summed E-state index contributed by atoms with van der Waals surface area (Å²) in [4.78, 5) is 22.8.